The summed E-state index contributed by atoms with van der Waals surface area (Å²) in [4.78, 5) is 14.6. The second-order valence-electron chi connectivity index (χ2n) is 3.05. The Hall–Kier alpha value is -1.29. The standard InChI is InChI=1S/C9H12ClN3O/c1-6(5-8(11)14)13-9-7(10)3-2-4-12-9/h2-4,6H,5H2,1H3,(H2,11,14)(H,12,13). The molecule has 0 radical (unpaired) electrons. The summed E-state index contributed by atoms with van der Waals surface area (Å²) in [6, 6.07) is 3.40. The van der Waals surface area contributed by atoms with Crippen LogP contribution >= 0.6 is 11.6 Å². The molecule has 1 rings (SSSR count). The zero-order valence-corrected chi connectivity index (χ0v) is 8.58. The highest BCUT2D eigenvalue weighted by Gasteiger charge is 2.08. The smallest absolute Gasteiger partial charge is 0.219 e. The molecule has 1 heterocycles. The molecule has 0 aliphatic carbocycles. The van der Waals surface area contributed by atoms with E-state index in [0.29, 0.717) is 10.8 Å². The van der Waals surface area contributed by atoms with Crippen LogP contribution in [-0.4, -0.2) is 16.9 Å². The van der Waals surface area contributed by atoms with E-state index in [4.69, 9.17) is 17.3 Å². The molecular weight excluding hydrogens is 202 g/mol. The first-order chi connectivity index (χ1) is 6.59. The molecule has 1 unspecified atom stereocenters. The number of pyridine rings is 1. The summed E-state index contributed by atoms with van der Waals surface area (Å²) in [5, 5.41) is 3.53. The molecule has 4 nitrogen and oxygen atoms in total. The molecule has 0 aromatic carbocycles. The minimum atomic E-state index is -0.350. The number of amides is 1. The van der Waals surface area contributed by atoms with Crippen molar-refractivity contribution < 1.29 is 4.79 Å². The van der Waals surface area contributed by atoms with Gasteiger partial charge in [-0.2, -0.15) is 0 Å². The third-order valence-electron chi connectivity index (χ3n) is 1.65. The molecule has 0 bridgehead atoms. The molecule has 0 saturated heterocycles. The van der Waals surface area contributed by atoms with Crippen LogP contribution in [0, 0.1) is 0 Å². The normalized spacial score (nSPS) is 12.1. The molecule has 1 amide bonds. The third-order valence-corrected chi connectivity index (χ3v) is 1.95. The summed E-state index contributed by atoms with van der Waals surface area (Å²) in [5.74, 6) is 0.222. The number of aromatic nitrogens is 1. The fourth-order valence-corrected chi connectivity index (χ4v) is 1.25. The molecule has 5 heteroatoms. The van der Waals surface area contributed by atoms with Crippen molar-refractivity contribution in [2.24, 2.45) is 5.73 Å². The SMILES string of the molecule is CC(CC(N)=O)Nc1ncccc1Cl. The fourth-order valence-electron chi connectivity index (χ4n) is 1.08. The van der Waals surface area contributed by atoms with Gasteiger partial charge in [-0.15, -0.1) is 0 Å². The Bertz CT molecular complexity index is 330. The van der Waals surface area contributed by atoms with Gasteiger partial charge < -0.3 is 11.1 Å². The monoisotopic (exact) mass is 213 g/mol. The highest BCUT2D eigenvalue weighted by Crippen LogP contribution is 2.18. The first-order valence-corrected chi connectivity index (χ1v) is 4.62. The van der Waals surface area contributed by atoms with Crippen LogP contribution in [0.4, 0.5) is 5.82 Å². The number of halogens is 1. The number of hydrogen-bond acceptors (Lipinski definition) is 3. The van der Waals surface area contributed by atoms with Gasteiger partial charge in [-0.1, -0.05) is 11.6 Å². The molecule has 0 aliphatic heterocycles. The zero-order chi connectivity index (χ0) is 10.6. The van der Waals surface area contributed by atoms with Crippen molar-refractivity contribution in [2.75, 3.05) is 5.32 Å². The second-order valence-corrected chi connectivity index (χ2v) is 3.46. The highest BCUT2D eigenvalue weighted by atomic mass is 35.5. The van der Waals surface area contributed by atoms with Crippen LogP contribution in [0.2, 0.25) is 5.02 Å². The lowest BCUT2D eigenvalue weighted by Gasteiger charge is -2.13. The van der Waals surface area contributed by atoms with Crippen LogP contribution < -0.4 is 11.1 Å². The van der Waals surface area contributed by atoms with Crippen molar-refractivity contribution in [1.29, 1.82) is 0 Å². The van der Waals surface area contributed by atoms with E-state index in [9.17, 15) is 4.79 Å². The van der Waals surface area contributed by atoms with E-state index >= 15 is 0 Å². The largest absolute Gasteiger partial charge is 0.370 e. The minimum Gasteiger partial charge on any atom is -0.370 e. The number of carbonyl (C=O) groups excluding carboxylic acids is 1. The third kappa shape index (κ3) is 3.22. The number of anilines is 1. The van der Waals surface area contributed by atoms with E-state index in [2.05, 4.69) is 10.3 Å². The van der Waals surface area contributed by atoms with Gasteiger partial charge in [0.05, 0.1) is 5.02 Å². The molecule has 0 fully saturated rings. The molecule has 1 aromatic rings. The Labute approximate surface area is 87.5 Å². The molecule has 76 valence electrons. The Morgan fingerprint density at radius 3 is 3.07 bits per heavy atom. The summed E-state index contributed by atoms with van der Waals surface area (Å²) < 4.78 is 0. The Morgan fingerprint density at radius 1 is 1.79 bits per heavy atom. The number of nitrogens with two attached hydrogens (primary N) is 1. The van der Waals surface area contributed by atoms with Crippen LogP contribution in [0.25, 0.3) is 0 Å². The molecule has 0 aliphatic rings. The van der Waals surface area contributed by atoms with E-state index in [0.717, 1.165) is 0 Å². The molecule has 0 saturated carbocycles. The van der Waals surface area contributed by atoms with Gasteiger partial charge >= 0.3 is 0 Å². The average molecular weight is 214 g/mol. The highest BCUT2D eigenvalue weighted by molar-refractivity contribution is 6.32. The first-order valence-electron chi connectivity index (χ1n) is 4.25. The van der Waals surface area contributed by atoms with E-state index < -0.39 is 0 Å². The van der Waals surface area contributed by atoms with E-state index in [1.165, 1.54) is 0 Å². The van der Waals surface area contributed by atoms with E-state index in [1.54, 1.807) is 18.3 Å². The summed E-state index contributed by atoms with van der Waals surface area (Å²) >= 11 is 5.86. The van der Waals surface area contributed by atoms with Crippen molar-refractivity contribution in [1.82, 2.24) is 4.98 Å². The summed E-state index contributed by atoms with van der Waals surface area (Å²) in [6.45, 7) is 1.84. The van der Waals surface area contributed by atoms with Gasteiger partial charge in [0.2, 0.25) is 5.91 Å². The maximum atomic E-state index is 10.6. The van der Waals surface area contributed by atoms with Gasteiger partial charge in [-0.05, 0) is 19.1 Å². The Morgan fingerprint density at radius 2 is 2.50 bits per heavy atom. The zero-order valence-electron chi connectivity index (χ0n) is 7.83. The number of carbonyl (C=O) groups is 1. The molecule has 14 heavy (non-hydrogen) atoms. The van der Waals surface area contributed by atoms with Crippen LogP contribution in [0.1, 0.15) is 13.3 Å². The predicted octanol–water partition coefficient (Wildman–Crippen LogP) is 1.41. The molecular formula is C9H12ClN3O. The Balaban J connectivity index is 2.60. The van der Waals surface area contributed by atoms with E-state index in [1.807, 2.05) is 6.92 Å². The maximum absolute atomic E-state index is 10.6. The quantitative estimate of drug-likeness (QED) is 0.795. The van der Waals surface area contributed by atoms with Crippen molar-refractivity contribution in [2.45, 2.75) is 19.4 Å². The molecule has 0 spiro atoms. The first kappa shape index (κ1) is 10.8. The number of hydrogen-bond donors (Lipinski definition) is 2. The Kier molecular flexibility index (Phi) is 3.71. The van der Waals surface area contributed by atoms with Gasteiger partial charge in [0.25, 0.3) is 0 Å². The molecule has 3 N–H and O–H groups in total. The second kappa shape index (κ2) is 4.81. The lowest BCUT2D eigenvalue weighted by molar-refractivity contribution is -0.118. The van der Waals surface area contributed by atoms with Crippen molar-refractivity contribution in [3.63, 3.8) is 0 Å². The summed E-state index contributed by atoms with van der Waals surface area (Å²) in [7, 11) is 0. The van der Waals surface area contributed by atoms with Crippen LogP contribution in [0.5, 0.6) is 0 Å². The number of primary amides is 1. The number of nitrogens with one attached hydrogen (secondary N) is 1. The van der Waals surface area contributed by atoms with Crippen LogP contribution in [-0.2, 0) is 4.79 Å². The van der Waals surface area contributed by atoms with Crippen molar-refractivity contribution in [3.8, 4) is 0 Å². The van der Waals surface area contributed by atoms with E-state index in [-0.39, 0.29) is 18.4 Å². The van der Waals surface area contributed by atoms with Gasteiger partial charge in [0, 0.05) is 18.7 Å². The van der Waals surface area contributed by atoms with Gasteiger partial charge in [0.15, 0.2) is 0 Å². The summed E-state index contributed by atoms with van der Waals surface area (Å²) in [6.07, 6.45) is 1.89. The lowest BCUT2D eigenvalue weighted by Crippen LogP contribution is -2.24. The fraction of sp³-hybridized carbons (Fsp3) is 0.333. The van der Waals surface area contributed by atoms with Gasteiger partial charge in [-0.3, -0.25) is 4.79 Å². The topological polar surface area (TPSA) is 68.0 Å². The average Bonchev–Trinajstić information content (AvgIpc) is 2.07. The number of rotatable bonds is 4. The lowest BCUT2D eigenvalue weighted by atomic mass is 10.2. The van der Waals surface area contributed by atoms with Crippen LogP contribution in [0.15, 0.2) is 18.3 Å². The van der Waals surface area contributed by atoms with Gasteiger partial charge in [0.1, 0.15) is 5.82 Å². The van der Waals surface area contributed by atoms with Crippen molar-refractivity contribution >= 4 is 23.3 Å². The maximum Gasteiger partial charge on any atom is 0.219 e. The predicted molar refractivity (Wildman–Crippen MR) is 56.1 cm³/mol. The summed E-state index contributed by atoms with van der Waals surface area (Å²) in [5.41, 5.74) is 5.05. The molecule has 1 atom stereocenters. The van der Waals surface area contributed by atoms with Crippen LogP contribution in [0.3, 0.4) is 0 Å². The number of nitrogens with zero attached hydrogens (tertiary/aromatic N) is 1. The molecule has 1 aromatic heterocycles. The van der Waals surface area contributed by atoms with Crippen molar-refractivity contribution in [3.05, 3.63) is 23.4 Å². The van der Waals surface area contributed by atoms with Gasteiger partial charge in [-0.25, -0.2) is 4.98 Å². The minimum absolute atomic E-state index is 0.0695.